The van der Waals surface area contributed by atoms with E-state index in [9.17, 15) is 9.18 Å². The number of amides is 1. The molecule has 1 fully saturated rings. The molecule has 8 heteroatoms. The zero-order valence-corrected chi connectivity index (χ0v) is 14.1. The van der Waals surface area contributed by atoms with E-state index in [-0.39, 0.29) is 41.7 Å². The lowest BCUT2D eigenvalue weighted by Crippen LogP contribution is -2.47. The zero-order chi connectivity index (χ0) is 14.4. The van der Waals surface area contributed by atoms with Crippen molar-refractivity contribution in [2.45, 2.75) is 12.8 Å². The first-order chi connectivity index (χ1) is 9.65. The van der Waals surface area contributed by atoms with E-state index in [1.807, 2.05) is 0 Å². The lowest BCUT2D eigenvalue weighted by Gasteiger charge is -2.37. The summed E-state index contributed by atoms with van der Waals surface area (Å²) in [5.74, 6) is -0.808. The molecule has 1 aromatic rings. The monoisotopic (exact) mass is 353 g/mol. The minimum absolute atomic E-state index is 0. The second-order valence-corrected chi connectivity index (χ2v) is 5.26. The number of nitrogens with one attached hydrogen (secondary N) is 2. The zero-order valence-electron chi connectivity index (χ0n) is 12.4. The number of pyridine rings is 1. The molecule has 0 aromatic carbocycles. The molecule has 1 amide bonds. The summed E-state index contributed by atoms with van der Waals surface area (Å²) < 4.78 is 18.3. The van der Waals surface area contributed by atoms with Crippen LogP contribution in [-0.2, 0) is 4.74 Å². The maximum absolute atomic E-state index is 13.0. The van der Waals surface area contributed by atoms with E-state index in [2.05, 4.69) is 15.6 Å². The second kappa shape index (κ2) is 9.94. The number of hydrogen-bond acceptors (Lipinski definition) is 4. The van der Waals surface area contributed by atoms with E-state index in [0.717, 1.165) is 32.1 Å². The van der Waals surface area contributed by atoms with E-state index in [0.29, 0.717) is 13.2 Å². The van der Waals surface area contributed by atoms with Gasteiger partial charge in [-0.25, -0.2) is 4.39 Å². The van der Waals surface area contributed by atoms with Gasteiger partial charge in [0.05, 0.1) is 18.4 Å². The van der Waals surface area contributed by atoms with Gasteiger partial charge in [-0.1, -0.05) is 0 Å². The maximum Gasteiger partial charge on any atom is 0.252 e. The van der Waals surface area contributed by atoms with Crippen molar-refractivity contribution < 1.29 is 13.9 Å². The lowest BCUT2D eigenvalue weighted by molar-refractivity contribution is 0.0511. The van der Waals surface area contributed by atoms with Crippen molar-refractivity contribution >= 4 is 30.7 Å². The lowest BCUT2D eigenvalue weighted by atomic mass is 9.79. The van der Waals surface area contributed by atoms with Crippen molar-refractivity contribution in [2.75, 3.05) is 33.4 Å². The van der Waals surface area contributed by atoms with Gasteiger partial charge in [-0.05, 0) is 32.0 Å². The molecule has 0 spiro atoms. The van der Waals surface area contributed by atoms with Crippen LogP contribution >= 0.6 is 24.8 Å². The molecule has 1 saturated heterocycles. The first-order valence-electron chi connectivity index (χ1n) is 6.74. The molecular formula is C14H22Cl2FN3O2. The van der Waals surface area contributed by atoms with Crippen molar-refractivity contribution in [3.8, 4) is 0 Å². The van der Waals surface area contributed by atoms with Gasteiger partial charge >= 0.3 is 0 Å². The Kier molecular flexibility index (Phi) is 9.51. The number of rotatable bonds is 5. The minimum atomic E-state index is -0.508. The smallest absolute Gasteiger partial charge is 0.252 e. The highest BCUT2D eigenvalue weighted by molar-refractivity contribution is 5.93. The Bertz CT molecular complexity index is 466. The molecule has 0 bridgehead atoms. The Hall–Kier alpha value is -0.950. The Morgan fingerprint density at radius 3 is 2.68 bits per heavy atom. The summed E-state index contributed by atoms with van der Waals surface area (Å²) in [4.78, 5) is 15.7. The molecule has 0 aliphatic carbocycles. The normalized spacial score (nSPS) is 16.1. The Balaban J connectivity index is 0.00000220. The van der Waals surface area contributed by atoms with Crippen LogP contribution in [-0.4, -0.2) is 44.2 Å². The molecule has 0 atom stereocenters. The van der Waals surface area contributed by atoms with Crippen molar-refractivity contribution in [2.24, 2.45) is 5.41 Å². The fourth-order valence-electron chi connectivity index (χ4n) is 2.54. The van der Waals surface area contributed by atoms with Gasteiger partial charge in [0.25, 0.3) is 5.91 Å². The van der Waals surface area contributed by atoms with Crippen molar-refractivity contribution in [3.05, 3.63) is 29.8 Å². The van der Waals surface area contributed by atoms with E-state index in [1.54, 1.807) is 7.11 Å². The summed E-state index contributed by atoms with van der Waals surface area (Å²) in [7, 11) is 1.67. The van der Waals surface area contributed by atoms with E-state index in [4.69, 9.17) is 4.74 Å². The van der Waals surface area contributed by atoms with E-state index >= 15 is 0 Å². The molecule has 2 heterocycles. The van der Waals surface area contributed by atoms with Gasteiger partial charge in [0.1, 0.15) is 5.82 Å². The number of ether oxygens (including phenoxy) is 1. The number of piperidine rings is 1. The predicted octanol–water partition coefficient (Wildman–Crippen LogP) is 1.81. The van der Waals surface area contributed by atoms with Crippen LogP contribution in [0.15, 0.2) is 18.5 Å². The first-order valence-corrected chi connectivity index (χ1v) is 6.74. The number of carbonyl (C=O) groups is 1. The summed E-state index contributed by atoms with van der Waals surface area (Å²) in [5, 5.41) is 6.16. The number of methoxy groups -OCH3 is 1. The Morgan fingerprint density at radius 2 is 2.09 bits per heavy atom. The van der Waals surface area contributed by atoms with Crippen molar-refractivity contribution in [1.82, 2.24) is 15.6 Å². The van der Waals surface area contributed by atoms with Crippen LogP contribution in [0.25, 0.3) is 0 Å². The molecule has 1 aromatic heterocycles. The van der Waals surface area contributed by atoms with Crippen LogP contribution in [0, 0.1) is 11.2 Å². The molecule has 22 heavy (non-hydrogen) atoms. The topological polar surface area (TPSA) is 63.2 Å². The van der Waals surface area contributed by atoms with Crippen LogP contribution in [0.4, 0.5) is 4.39 Å². The molecule has 5 nitrogen and oxygen atoms in total. The maximum atomic E-state index is 13.0. The average molecular weight is 354 g/mol. The predicted molar refractivity (Wildman–Crippen MR) is 87.4 cm³/mol. The van der Waals surface area contributed by atoms with Crippen molar-refractivity contribution in [1.29, 1.82) is 0 Å². The highest BCUT2D eigenvalue weighted by atomic mass is 35.5. The standard InChI is InChI=1S/C14H20FN3O2.2ClH/c1-20-10-14(2-4-16-5-3-14)9-18-13(19)11-6-12(15)8-17-7-11;;/h6-8,16H,2-5,9-10H2,1H3,(H,18,19);2*1H. The van der Waals surface area contributed by atoms with Crippen LogP contribution < -0.4 is 10.6 Å². The fraction of sp³-hybridized carbons (Fsp3) is 0.571. The average Bonchev–Trinajstić information content (AvgIpc) is 2.46. The number of halogens is 3. The highest BCUT2D eigenvalue weighted by Gasteiger charge is 2.32. The summed E-state index contributed by atoms with van der Waals surface area (Å²) in [6, 6.07) is 1.19. The third kappa shape index (κ3) is 5.68. The van der Waals surface area contributed by atoms with Gasteiger partial charge in [-0.3, -0.25) is 9.78 Å². The number of carbonyl (C=O) groups excluding carboxylic acids is 1. The molecule has 1 aliphatic heterocycles. The molecule has 0 radical (unpaired) electrons. The van der Waals surface area contributed by atoms with Gasteiger partial charge in [-0.2, -0.15) is 0 Å². The third-order valence-electron chi connectivity index (χ3n) is 3.71. The molecule has 0 unspecified atom stereocenters. The SMILES string of the molecule is COCC1(CNC(=O)c2cncc(F)c2)CCNCC1.Cl.Cl. The Labute approximate surface area is 142 Å². The quantitative estimate of drug-likeness (QED) is 0.847. The second-order valence-electron chi connectivity index (χ2n) is 5.26. The summed E-state index contributed by atoms with van der Waals surface area (Å²) in [5.41, 5.74) is 0.197. The number of hydrogen-bond donors (Lipinski definition) is 2. The van der Waals surface area contributed by atoms with Gasteiger partial charge < -0.3 is 15.4 Å². The van der Waals surface area contributed by atoms with Crippen LogP contribution in [0.1, 0.15) is 23.2 Å². The molecule has 126 valence electrons. The molecule has 2 rings (SSSR count). The third-order valence-corrected chi connectivity index (χ3v) is 3.71. The summed E-state index contributed by atoms with van der Waals surface area (Å²) in [6.07, 6.45) is 4.34. The largest absolute Gasteiger partial charge is 0.384 e. The van der Waals surface area contributed by atoms with Crippen LogP contribution in [0.3, 0.4) is 0 Å². The molecular weight excluding hydrogens is 332 g/mol. The fourth-order valence-corrected chi connectivity index (χ4v) is 2.54. The molecule has 0 saturated carbocycles. The summed E-state index contributed by atoms with van der Waals surface area (Å²) in [6.45, 7) is 2.97. The first kappa shape index (κ1) is 21.0. The van der Waals surface area contributed by atoms with Gasteiger partial charge in [0.15, 0.2) is 0 Å². The van der Waals surface area contributed by atoms with E-state index in [1.165, 1.54) is 12.3 Å². The van der Waals surface area contributed by atoms with Crippen molar-refractivity contribution in [3.63, 3.8) is 0 Å². The van der Waals surface area contributed by atoms with E-state index < -0.39 is 5.82 Å². The summed E-state index contributed by atoms with van der Waals surface area (Å²) >= 11 is 0. The van der Waals surface area contributed by atoms with Crippen LogP contribution in [0.5, 0.6) is 0 Å². The Morgan fingerprint density at radius 1 is 1.41 bits per heavy atom. The van der Waals surface area contributed by atoms with Gasteiger partial charge in [0.2, 0.25) is 0 Å². The number of aromatic nitrogens is 1. The molecule has 1 aliphatic rings. The molecule has 2 N–H and O–H groups in total. The minimum Gasteiger partial charge on any atom is -0.384 e. The van der Waals surface area contributed by atoms with Gasteiger partial charge in [-0.15, -0.1) is 24.8 Å². The highest BCUT2D eigenvalue weighted by Crippen LogP contribution is 2.28. The number of nitrogens with zero attached hydrogens (tertiary/aromatic N) is 1. The van der Waals surface area contributed by atoms with Gasteiger partial charge in [0, 0.05) is 25.3 Å². The van der Waals surface area contributed by atoms with Crippen LogP contribution in [0.2, 0.25) is 0 Å².